The highest BCUT2D eigenvalue weighted by Crippen LogP contribution is 2.45. The van der Waals surface area contributed by atoms with Crippen molar-refractivity contribution in [2.24, 2.45) is 5.92 Å². The Hall–Kier alpha value is -0.160. The molecule has 2 fully saturated rings. The van der Waals surface area contributed by atoms with Crippen LogP contribution in [-0.4, -0.2) is 44.8 Å². The molecule has 0 bridgehead atoms. The van der Waals surface area contributed by atoms with E-state index in [9.17, 15) is 0 Å². The summed E-state index contributed by atoms with van der Waals surface area (Å²) in [4.78, 5) is 0. The van der Waals surface area contributed by atoms with E-state index < -0.39 is 0 Å². The lowest BCUT2D eigenvalue weighted by atomic mass is 9.70. The first-order valence-electron chi connectivity index (χ1n) is 7.79. The fourth-order valence-electron chi connectivity index (χ4n) is 3.47. The van der Waals surface area contributed by atoms with Crippen molar-refractivity contribution in [3.05, 3.63) is 0 Å². The van der Waals surface area contributed by atoms with E-state index in [1.54, 1.807) is 0 Å². The molecule has 2 rings (SSSR count). The molecule has 1 saturated carbocycles. The van der Waals surface area contributed by atoms with E-state index in [0.717, 1.165) is 19.4 Å². The molecule has 2 atom stereocenters. The summed E-state index contributed by atoms with van der Waals surface area (Å²) in [6.45, 7) is 6.31. The molecular weight excluding hydrogens is 242 g/mol. The van der Waals surface area contributed by atoms with Gasteiger partial charge in [-0.2, -0.15) is 0 Å². The van der Waals surface area contributed by atoms with Crippen molar-refractivity contribution in [2.75, 3.05) is 26.9 Å². The summed E-state index contributed by atoms with van der Waals surface area (Å²) >= 11 is 0. The van der Waals surface area contributed by atoms with Crippen molar-refractivity contribution in [2.45, 2.75) is 63.9 Å². The van der Waals surface area contributed by atoms with E-state index >= 15 is 0 Å². The topological polar surface area (TPSA) is 39.7 Å². The van der Waals surface area contributed by atoms with Gasteiger partial charge in [0.1, 0.15) is 0 Å². The highest BCUT2D eigenvalue weighted by atomic mass is 16.7. The van der Waals surface area contributed by atoms with E-state index in [1.165, 1.54) is 19.3 Å². The van der Waals surface area contributed by atoms with Gasteiger partial charge in [0.15, 0.2) is 6.29 Å². The first-order valence-corrected chi connectivity index (χ1v) is 7.79. The van der Waals surface area contributed by atoms with Gasteiger partial charge >= 0.3 is 0 Å². The highest BCUT2D eigenvalue weighted by Gasteiger charge is 2.45. The smallest absolute Gasteiger partial charge is 0.172 e. The lowest BCUT2D eigenvalue weighted by molar-refractivity contribution is -0.189. The van der Waals surface area contributed by atoms with Gasteiger partial charge in [0.25, 0.3) is 0 Å². The number of ether oxygens (including phenoxy) is 3. The van der Waals surface area contributed by atoms with Crippen LogP contribution in [0.5, 0.6) is 0 Å². The van der Waals surface area contributed by atoms with Crippen molar-refractivity contribution in [1.29, 1.82) is 0 Å². The molecule has 0 amide bonds. The Morgan fingerprint density at radius 3 is 2.42 bits per heavy atom. The van der Waals surface area contributed by atoms with Gasteiger partial charge in [-0.1, -0.05) is 0 Å². The molecule has 2 unspecified atom stereocenters. The summed E-state index contributed by atoms with van der Waals surface area (Å²) in [5, 5.41) is 3.42. The number of likely N-dealkylation sites (N-methyl/N-ethyl adjacent to an activating group) is 1. The first-order chi connectivity index (χ1) is 9.24. The first kappa shape index (κ1) is 15.2. The standard InChI is InChI=1S/C15H29NO3/c1-4-17-14(18-5-2)13(16-3)12-7-10-19-15(11-12)8-6-9-15/h12-14,16H,4-11H2,1-3H3. The van der Waals surface area contributed by atoms with E-state index in [1.807, 2.05) is 20.9 Å². The quantitative estimate of drug-likeness (QED) is 0.721. The van der Waals surface area contributed by atoms with Crippen LogP contribution in [0.15, 0.2) is 0 Å². The zero-order valence-corrected chi connectivity index (χ0v) is 12.6. The number of nitrogens with one attached hydrogen (secondary N) is 1. The van der Waals surface area contributed by atoms with E-state index in [0.29, 0.717) is 19.1 Å². The van der Waals surface area contributed by atoms with Crippen LogP contribution in [0.25, 0.3) is 0 Å². The van der Waals surface area contributed by atoms with Crippen LogP contribution in [-0.2, 0) is 14.2 Å². The average Bonchev–Trinajstić information content (AvgIpc) is 2.39. The molecule has 19 heavy (non-hydrogen) atoms. The molecule has 1 aliphatic carbocycles. The Bertz CT molecular complexity index is 262. The van der Waals surface area contributed by atoms with Crippen molar-refractivity contribution >= 4 is 0 Å². The van der Waals surface area contributed by atoms with Crippen molar-refractivity contribution < 1.29 is 14.2 Å². The molecule has 0 aromatic carbocycles. The van der Waals surface area contributed by atoms with E-state index in [2.05, 4.69) is 5.32 Å². The van der Waals surface area contributed by atoms with Crippen molar-refractivity contribution in [3.63, 3.8) is 0 Å². The van der Waals surface area contributed by atoms with E-state index in [4.69, 9.17) is 14.2 Å². The zero-order chi connectivity index (χ0) is 13.7. The lowest BCUT2D eigenvalue weighted by Crippen LogP contribution is -2.54. The minimum atomic E-state index is -0.139. The highest BCUT2D eigenvalue weighted by molar-refractivity contribution is 4.97. The molecule has 4 heteroatoms. The van der Waals surface area contributed by atoms with Gasteiger partial charge in [0.2, 0.25) is 0 Å². The van der Waals surface area contributed by atoms with Gasteiger partial charge in [0, 0.05) is 19.8 Å². The fourth-order valence-corrected chi connectivity index (χ4v) is 3.47. The third kappa shape index (κ3) is 3.48. The summed E-state index contributed by atoms with van der Waals surface area (Å²) in [6, 6.07) is 0.265. The Kier molecular flexibility index (Phi) is 5.63. The predicted molar refractivity (Wildman–Crippen MR) is 75.1 cm³/mol. The summed E-state index contributed by atoms with van der Waals surface area (Å²) in [6.07, 6.45) is 5.89. The van der Waals surface area contributed by atoms with Crippen molar-refractivity contribution in [3.8, 4) is 0 Å². The molecule has 0 aromatic rings. The van der Waals surface area contributed by atoms with Crippen LogP contribution in [0.3, 0.4) is 0 Å². The van der Waals surface area contributed by atoms with Crippen LogP contribution in [0, 0.1) is 5.92 Å². The van der Waals surface area contributed by atoms with Gasteiger partial charge in [-0.3, -0.25) is 0 Å². The molecule has 1 aliphatic heterocycles. The maximum absolute atomic E-state index is 6.02. The third-order valence-corrected chi connectivity index (χ3v) is 4.59. The molecule has 2 aliphatic rings. The number of hydrogen-bond donors (Lipinski definition) is 1. The molecule has 1 heterocycles. The second-order valence-corrected chi connectivity index (χ2v) is 5.73. The van der Waals surface area contributed by atoms with Gasteiger partial charge in [-0.15, -0.1) is 0 Å². The number of hydrogen-bond acceptors (Lipinski definition) is 4. The SMILES string of the molecule is CCOC(OCC)C(NC)C1CCOC2(CCC2)C1. The van der Waals surface area contributed by atoms with Gasteiger partial charge in [0.05, 0.1) is 11.6 Å². The third-order valence-electron chi connectivity index (χ3n) is 4.59. The van der Waals surface area contributed by atoms with Crippen LogP contribution in [0.2, 0.25) is 0 Å². The molecule has 0 radical (unpaired) electrons. The lowest BCUT2D eigenvalue weighted by Gasteiger charge is -2.49. The fraction of sp³-hybridized carbons (Fsp3) is 1.00. The maximum atomic E-state index is 6.02. The predicted octanol–water partition coefficient (Wildman–Crippen LogP) is 2.32. The molecule has 1 N–H and O–H groups in total. The van der Waals surface area contributed by atoms with Crippen molar-refractivity contribution in [1.82, 2.24) is 5.32 Å². The Labute approximate surface area is 117 Å². The summed E-state index contributed by atoms with van der Waals surface area (Å²) in [5.74, 6) is 0.585. The van der Waals surface area contributed by atoms with Crippen LogP contribution in [0.4, 0.5) is 0 Å². The van der Waals surface area contributed by atoms with Gasteiger partial charge < -0.3 is 19.5 Å². The molecule has 112 valence electrons. The Balaban J connectivity index is 1.98. The Morgan fingerprint density at radius 2 is 1.95 bits per heavy atom. The minimum Gasteiger partial charge on any atom is -0.375 e. The van der Waals surface area contributed by atoms with E-state index in [-0.39, 0.29) is 17.9 Å². The average molecular weight is 271 g/mol. The monoisotopic (exact) mass is 271 g/mol. The Morgan fingerprint density at radius 1 is 1.26 bits per heavy atom. The summed E-state index contributed by atoms with van der Waals surface area (Å²) in [7, 11) is 2.01. The van der Waals surface area contributed by atoms with Crippen LogP contribution in [0.1, 0.15) is 46.0 Å². The molecule has 1 saturated heterocycles. The maximum Gasteiger partial charge on any atom is 0.172 e. The second-order valence-electron chi connectivity index (χ2n) is 5.73. The summed E-state index contributed by atoms with van der Waals surface area (Å²) in [5.41, 5.74) is 0.182. The largest absolute Gasteiger partial charge is 0.375 e. The normalized spacial score (nSPS) is 27.5. The minimum absolute atomic E-state index is 0.139. The van der Waals surface area contributed by atoms with Gasteiger partial charge in [-0.05, 0) is 58.9 Å². The molecule has 4 nitrogen and oxygen atoms in total. The molecule has 0 aromatic heterocycles. The van der Waals surface area contributed by atoms with Crippen LogP contribution < -0.4 is 5.32 Å². The zero-order valence-electron chi connectivity index (χ0n) is 12.6. The van der Waals surface area contributed by atoms with Gasteiger partial charge in [-0.25, -0.2) is 0 Å². The molecule has 1 spiro atoms. The second kappa shape index (κ2) is 7.02. The van der Waals surface area contributed by atoms with Crippen LogP contribution >= 0.6 is 0 Å². The molecular formula is C15H29NO3. The summed E-state index contributed by atoms with van der Waals surface area (Å²) < 4.78 is 17.6. The number of rotatable bonds is 7.